The second-order valence-corrected chi connectivity index (χ2v) is 6.48. The second-order valence-electron chi connectivity index (χ2n) is 6.48. The zero-order chi connectivity index (χ0) is 15.7. The summed E-state index contributed by atoms with van der Waals surface area (Å²) in [5.41, 5.74) is 2.91. The van der Waals surface area contributed by atoms with Crippen molar-refractivity contribution in [2.24, 2.45) is 5.92 Å². The Balaban J connectivity index is 2.54. The lowest BCUT2D eigenvalue weighted by Crippen LogP contribution is -2.27. The highest BCUT2D eigenvalue weighted by Gasteiger charge is 2.08. The molecule has 1 atom stereocenters. The molecular formula is C19H34N2. The summed E-state index contributed by atoms with van der Waals surface area (Å²) >= 11 is 0. The van der Waals surface area contributed by atoms with Crippen LogP contribution in [0.15, 0.2) is 24.3 Å². The summed E-state index contributed by atoms with van der Waals surface area (Å²) in [7, 11) is 0. The van der Waals surface area contributed by atoms with Gasteiger partial charge in [-0.1, -0.05) is 52.0 Å². The third-order valence-electron chi connectivity index (χ3n) is 4.22. The van der Waals surface area contributed by atoms with Crippen molar-refractivity contribution in [1.82, 2.24) is 10.2 Å². The Bertz CT molecular complexity index is 383. The van der Waals surface area contributed by atoms with Gasteiger partial charge in [0.1, 0.15) is 0 Å². The SMILES string of the molecule is CCN(CC)Cc1ccccc1CNC(C)CCC(C)C. The standard InChI is InChI=1S/C19H34N2/c1-6-21(7-2)15-19-11-9-8-10-18(19)14-20-17(5)13-12-16(3)4/h8-11,16-17,20H,6-7,12-15H2,1-5H3. The molecule has 1 rings (SSSR count). The van der Waals surface area contributed by atoms with Crippen molar-refractivity contribution in [2.75, 3.05) is 13.1 Å². The molecule has 0 spiro atoms. The van der Waals surface area contributed by atoms with E-state index in [4.69, 9.17) is 0 Å². The lowest BCUT2D eigenvalue weighted by molar-refractivity contribution is 0.294. The Morgan fingerprint density at radius 3 is 2.14 bits per heavy atom. The summed E-state index contributed by atoms with van der Waals surface area (Å²) in [6.45, 7) is 15.6. The molecule has 0 saturated heterocycles. The van der Waals surface area contributed by atoms with Crippen molar-refractivity contribution >= 4 is 0 Å². The van der Waals surface area contributed by atoms with E-state index in [1.165, 1.54) is 24.0 Å². The van der Waals surface area contributed by atoms with E-state index in [2.05, 4.69) is 69.1 Å². The summed E-state index contributed by atoms with van der Waals surface area (Å²) in [5.74, 6) is 0.796. The van der Waals surface area contributed by atoms with Gasteiger partial charge >= 0.3 is 0 Å². The fraction of sp³-hybridized carbons (Fsp3) is 0.684. The number of nitrogens with zero attached hydrogens (tertiary/aromatic N) is 1. The monoisotopic (exact) mass is 290 g/mol. The molecule has 1 aromatic rings. The molecule has 0 bridgehead atoms. The average Bonchev–Trinajstić information content (AvgIpc) is 2.49. The van der Waals surface area contributed by atoms with E-state index in [0.717, 1.165) is 32.1 Å². The largest absolute Gasteiger partial charge is 0.310 e. The van der Waals surface area contributed by atoms with Crippen LogP contribution in [0.1, 0.15) is 58.6 Å². The van der Waals surface area contributed by atoms with Crippen LogP contribution in [0.3, 0.4) is 0 Å². The highest BCUT2D eigenvalue weighted by atomic mass is 15.1. The molecule has 0 saturated carbocycles. The van der Waals surface area contributed by atoms with Crippen LogP contribution in [0.2, 0.25) is 0 Å². The Kier molecular flexibility index (Phi) is 8.63. The minimum absolute atomic E-state index is 0.592. The zero-order valence-electron chi connectivity index (χ0n) is 14.7. The molecule has 0 aliphatic rings. The third-order valence-corrected chi connectivity index (χ3v) is 4.22. The van der Waals surface area contributed by atoms with E-state index in [1.807, 2.05) is 0 Å². The smallest absolute Gasteiger partial charge is 0.0236 e. The van der Waals surface area contributed by atoms with Crippen molar-refractivity contribution in [3.8, 4) is 0 Å². The Labute approximate surface area is 131 Å². The molecule has 1 unspecified atom stereocenters. The Hall–Kier alpha value is -0.860. The lowest BCUT2D eigenvalue weighted by atomic mass is 10.0. The first-order chi connectivity index (χ1) is 10.1. The lowest BCUT2D eigenvalue weighted by Gasteiger charge is -2.21. The van der Waals surface area contributed by atoms with Crippen LogP contribution >= 0.6 is 0 Å². The fourth-order valence-corrected chi connectivity index (χ4v) is 2.54. The zero-order valence-corrected chi connectivity index (χ0v) is 14.7. The predicted octanol–water partition coefficient (Wildman–Crippen LogP) is 4.44. The van der Waals surface area contributed by atoms with Gasteiger partial charge in [-0.3, -0.25) is 4.90 Å². The van der Waals surface area contributed by atoms with E-state index in [1.54, 1.807) is 0 Å². The van der Waals surface area contributed by atoms with Crippen molar-refractivity contribution in [2.45, 2.75) is 66.6 Å². The maximum absolute atomic E-state index is 3.69. The predicted molar refractivity (Wildman–Crippen MR) is 93.4 cm³/mol. The van der Waals surface area contributed by atoms with Gasteiger partial charge in [0, 0.05) is 19.1 Å². The first-order valence-corrected chi connectivity index (χ1v) is 8.59. The summed E-state index contributed by atoms with van der Waals surface area (Å²) in [4.78, 5) is 2.47. The van der Waals surface area contributed by atoms with E-state index >= 15 is 0 Å². The third kappa shape index (κ3) is 7.10. The van der Waals surface area contributed by atoms with E-state index in [-0.39, 0.29) is 0 Å². The molecule has 1 N–H and O–H groups in total. The molecule has 0 aliphatic heterocycles. The van der Waals surface area contributed by atoms with Gasteiger partial charge in [-0.05, 0) is 49.9 Å². The quantitative estimate of drug-likeness (QED) is 0.685. The molecular weight excluding hydrogens is 256 g/mol. The summed E-state index contributed by atoms with van der Waals surface area (Å²) in [6.07, 6.45) is 2.56. The van der Waals surface area contributed by atoms with Crippen molar-refractivity contribution in [3.63, 3.8) is 0 Å². The molecule has 2 nitrogen and oxygen atoms in total. The van der Waals surface area contributed by atoms with Crippen LogP contribution in [0, 0.1) is 5.92 Å². The Morgan fingerprint density at radius 2 is 1.57 bits per heavy atom. The molecule has 0 aromatic heterocycles. The average molecular weight is 290 g/mol. The molecule has 0 heterocycles. The second kappa shape index (κ2) is 9.97. The minimum Gasteiger partial charge on any atom is -0.310 e. The molecule has 0 aliphatic carbocycles. The van der Waals surface area contributed by atoms with Gasteiger partial charge in [0.15, 0.2) is 0 Å². The molecule has 0 radical (unpaired) electrons. The maximum Gasteiger partial charge on any atom is 0.0236 e. The molecule has 0 fully saturated rings. The van der Waals surface area contributed by atoms with Crippen LogP contribution in [0.5, 0.6) is 0 Å². The van der Waals surface area contributed by atoms with Crippen LogP contribution < -0.4 is 5.32 Å². The van der Waals surface area contributed by atoms with Crippen LogP contribution in [0.25, 0.3) is 0 Å². The first-order valence-electron chi connectivity index (χ1n) is 8.59. The van der Waals surface area contributed by atoms with Gasteiger partial charge in [0.05, 0.1) is 0 Å². The number of hydrogen-bond acceptors (Lipinski definition) is 2. The normalized spacial score (nSPS) is 13.1. The maximum atomic E-state index is 3.69. The fourth-order valence-electron chi connectivity index (χ4n) is 2.54. The number of nitrogens with one attached hydrogen (secondary N) is 1. The van der Waals surface area contributed by atoms with Gasteiger partial charge in [-0.2, -0.15) is 0 Å². The van der Waals surface area contributed by atoms with Crippen LogP contribution in [-0.2, 0) is 13.1 Å². The van der Waals surface area contributed by atoms with Crippen molar-refractivity contribution in [3.05, 3.63) is 35.4 Å². The van der Waals surface area contributed by atoms with E-state index in [9.17, 15) is 0 Å². The van der Waals surface area contributed by atoms with Gasteiger partial charge in [0.25, 0.3) is 0 Å². The molecule has 1 aromatic carbocycles. The van der Waals surface area contributed by atoms with Crippen LogP contribution in [0.4, 0.5) is 0 Å². The molecule has 120 valence electrons. The summed E-state index contributed by atoms with van der Waals surface area (Å²) in [5, 5.41) is 3.69. The van der Waals surface area contributed by atoms with E-state index in [0.29, 0.717) is 6.04 Å². The number of hydrogen-bond donors (Lipinski definition) is 1. The Morgan fingerprint density at radius 1 is 0.952 bits per heavy atom. The van der Waals surface area contributed by atoms with Crippen molar-refractivity contribution < 1.29 is 0 Å². The number of benzene rings is 1. The highest BCUT2D eigenvalue weighted by Crippen LogP contribution is 2.13. The van der Waals surface area contributed by atoms with Gasteiger partial charge in [-0.15, -0.1) is 0 Å². The summed E-state index contributed by atoms with van der Waals surface area (Å²) < 4.78 is 0. The van der Waals surface area contributed by atoms with E-state index < -0.39 is 0 Å². The summed E-state index contributed by atoms with van der Waals surface area (Å²) in [6, 6.07) is 9.44. The van der Waals surface area contributed by atoms with Gasteiger partial charge in [-0.25, -0.2) is 0 Å². The molecule has 0 amide bonds. The van der Waals surface area contributed by atoms with Crippen LogP contribution in [-0.4, -0.2) is 24.0 Å². The van der Waals surface area contributed by atoms with Gasteiger partial charge < -0.3 is 5.32 Å². The minimum atomic E-state index is 0.592. The number of rotatable bonds is 10. The highest BCUT2D eigenvalue weighted by molar-refractivity contribution is 5.27. The molecule has 21 heavy (non-hydrogen) atoms. The topological polar surface area (TPSA) is 15.3 Å². The van der Waals surface area contributed by atoms with Crippen molar-refractivity contribution in [1.29, 1.82) is 0 Å². The molecule has 2 heteroatoms. The van der Waals surface area contributed by atoms with Gasteiger partial charge in [0.2, 0.25) is 0 Å². The first kappa shape index (κ1) is 18.2.